The number of hydrogen-bond donors (Lipinski definition) is 2. The predicted molar refractivity (Wildman–Crippen MR) is 65.5 cm³/mol. The zero-order valence-corrected chi connectivity index (χ0v) is 11.1. The summed E-state index contributed by atoms with van der Waals surface area (Å²) in [6.07, 6.45) is -0.691. The van der Waals surface area contributed by atoms with Crippen LogP contribution in [0.4, 0.5) is 9.93 Å². The molecule has 0 fully saturated rings. The smallest absolute Gasteiger partial charge is 0.413 e. The van der Waals surface area contributed by atoms with E-state index < -0.39 is 17.8 Å². The Bertz CT molecular complexity index is 487. The Balaban J connectivity index is 2.77. The lowest BCUT2D eigenvalue weighted by Crippen LogP contribution is -2.20. The van der Waals surface area contributed by atoms with Gasteiger partial charge in [-0.15, -0.1) is 0 Å². The van der Waals surface area contributed by atoms with E-state index in [0.717, 1.165) is 11.5 Å². The summed E-state index contributed by atoms with van der Waals surface area (Å²) in [5, 5.41) is 14.0. The maximum absolute atomic E-state index is 11.4. The molecule has 0 aliphatic heterocycles. The monoisotopic (exact) mass is 288 g/mol. The molecule has 0 atom stereocenters. The molecule has 1 rings (SSSR count). The fourth-order valence-electron chi connectivity index (χ4n) is 1.00. The topological polar surface area (TPSA) is 123 Å². The highest BCUT2D eigenvalue weighted by Gasteiger charge is 2.21. The van der Waals surface area contributed by atoms with Crippen molar-refractivity contribution in [2.75, 3.05) is 18.5 Å². The average molecular weight is 288 g/mol. The van der Waals surface area contributed by atoms with Crippen molar-refractivity contribution in [3.8, 4) is 0 Å². The molecule has 0 aliphatic carbocycles. The highest BCUT2D eigenvalue weighted by atomic mass is 32.1. The first-order valence-electron chi connectivity index (χ1n) is 5.29. The van der Waals surface area contributed by atoms with Crippen LogP contribution in [0.1, 0.15) is 19.7 Å². The molecule has 1 heterocycles. The van der Waals surface area contributed by atoms with Gasteiger partial charge in [-0.1, -0.05) is 5.16 Å². The highest BCUT2D eigenvalue weighted by molar-refractivity contribution is 7.10. The number of oxime groups is 1. The van der Waals surface area contributed by atoms with Gasteiger partial charge in [0.25, 0.3) is 0 Å². The molecule has 0 unspecified atom stereocenters. The minimum Gasteiger partial charge on any atom is -0.461 e. The number of amides is 1. The van der Waals surface area contributed by atoms with Crippen LogP contribution in [0.3, 0.4) is 0 Å². The summed E-state index contributed by atoms with van der Waals surface area (Å²) in [7, 11) is 0. The van der Waals surface area contributed by atoms with Gasteiger partial charge in [-0.3, -0.25) is 5.32 Å². The van der Waals surface area contributed by atoms with E-state index >= 15 is 0 Å². The van der Waals surface area contributed by atoms with E-state index in [9.17, 15) is 9.59 Å². The Morgan fingerprint density at radius 3 is 2.63 bits per heavy atom. The maximum Gasteiger partial charge on any atom is 0.413 e. The van der Waals surface area contributed by atoms with Gasteiger partial charge in [-0.05, 0) is 13.8 Å². The molecule has 19 heavy (non-hydrogen) atoms. The van der Waals surface area contributed by atoms with Crippen LogP contribution in [0, 0.1) is 0 Å². The number of rotatable bonds is 5. The van der Waals surface area contributed by atoms with Gasteiger partial charge in [-0.25, -0.2) is 9.59 Å². The van der Waals surface area contributed by atoms with Crippen LogP contribution in [-0.2, 0) is 14.3 Å². The molecule has 9 nitrogen and oxygen atoms in total. The molecule has 10 heteroatoms. The Labute approximate surface area is 112 Å². The van der Waals surface area contributed by atoms with Crippen molar-refractivity contribution in [2.24, 2.45) is 5.16 Å². The second kappa shape index (κ2) is 7.26. The summed E-state index contributed by atoms with van der Waals surface area (Å²) in [6.45, 7) is 3.59. The number of carbonyl (C=O) groups excluding carboxylic acids is 2. The average Bonchev–Trinajstić information content (AvgIpc) is 2.79. The summed E-state index contributed by atoms with van der Waals surface area (Å²) >= 11 is 0.810. The lowest BCUT2D eigenvalue weighted by Gasteiger charge is -2.00. The van der Waals surface area contributed by atoms with Crippen molar-refractivity contribution in [2.45, 2.75) is 13.8 Å². The third kappa shape index (κ3) is 4.17. The van der Waals surface area contributed by atoms with Crippen LogP contribution in [0.25, 0.3) is 0 Å². The van der Waals surface area contributed by atoms with Crippen LogP contribution in [-0.4, -0.2) is 45.6 Å². The summed E-state index contributed by atoms with van der Waals surface area (Å²) in [5.41, 5.74) is -0.435. The third-order valence-corrected chi connectivity index (χ3v) is 2.32. The Kier molecular flexibility index (Phi) is 5.67. The molecule has 2 N–H and O–H groups in total. The number of hydrogen-bond acceptors (Lipinski definition) is 9. The number of carbonyl (C=O) groups is 2. The van der Waals surface area contributed by atoms with Gasteiger partial charge in [0, 0.05) is 11.5 Å². The van der Waals surface area contributed by atoms with Crippen molar-refractivity contribution < 1.29 is 24.3 Å². The van der Waals surface area contributed by atoms with E-state index in [1.807, 2.05) is 0 Å². The molecule has 1 aromatic heterocycles. The molecule has 0 bridgehead atoms. The second-order valence-electron chi connectivity index (χ2n) is 2.94. The number of ether oxygens (including phenoxy) is 2. The second-order valence-corrected chi connectivity index (χ2v) is 3.69. The Hall–Kier alpha value is -2.23. The van der Waals surface area contributed by atoms with Crippen LogP contribution < -0.4 is 5.32 Å². The Morgan fingerprint density at radius 1 is 1.37 bits per heavy atom. The standard InChI is InChI=1S/C9H12N4O5S/c1-3-17-7(14)5(12-16)6-10-8(19-13-6)11-9(15)18-4-2/h16H,3-4H2,1-2H3,(H,10,11,13,15)/b12-5-. The molecule has 0 aliphatic rings. The van der Waals surface area contributed by atoms with E-state index in [4.69, 9.17) is 5.21 Å². The molecule has 1 aromatic rings. The minimum absolute atomic E-state index is 0.110. The summed E-state index contributed by atoms with van der Waals surface area (Å²) in [5.74, 6) is -0.997. The molecular weight excluding hydrogens is 276 g/mol. The van der Waals surface area contributed by atoms with E-state index in [0.29, 0.717) is 0 Å². The number of anilines is 1. The molecule has 104 valence electrons. The number of esters is 1. The zero-order chi connectivity index (χ0) is 14.3. The van der Waals surface area contributed by atoms with E-state index in [1.165, 1.54) is 0 Å². The normalized spacial score (nSPS) is 10.9. The van der Waals surface area contributed by atoms with Crippen LogP contribution >= 0.6 is 11.5 Å². The molecule has 0 spiro atoms. The van der Waals surface area contributed by atoms with Crippen molar-refractivity contribution in [1.29, 1.82) is 0 Å². The van der Waals surface area contributed by atoms with Gasteiger partial charge in [0.15, 0.2) is 0 Å². The number of aromatic nitrogens is 2. The van der Waals surface area contributed by atoms with E-state index in [-0.39, 0.29) is 24.2 Å². The Morgan fingerprint density at radius 2 is 2.05 bits per heavy atom. The van der Waals surface area contributed by atoms with Crippen LogP contribution in [0.5, 0.6) is 0 Å². The van der Waals surface area contributed by atoms with Gasteiger partial charge in [0.2, 0.25) is 16.7 Å². The largest absolute Gasteiger partial charge is 0.461 e. The number of nitrogens with zero attached hydrogens (tertiary/aromatic N) is 3. The first-order valence-corrected chi connectivity index (χ1v) is 6.06. The summed E-state index contributed by atoms with van der Waals surface area (Å²) < 4.78 is 13.1. The van der Waals surface area contributed by atoms with E-state index in [2.05, 4.69) is 29.3 Å². The predicted octanol–water partition coefficient (Wildman–Crippen LogP) is 0.848. The quantitative estimate of drug-likeness (QED) is 0.356. The summed E-state index contributed by atoms with van der Waals surface area (Å²) in [6, 6.07) is 0. The first-order chi connectivity index (χ1) is 9.12. The van der Waals surface area contributed by atoms with Crippen LogP contribution in [0.15, 0.2) is 5.16 Å². The third-order valence-electron chi connectivity index (χ3n) is 1.69. The highest BCUT2D eigenvalue weighted by Crippen LogP contribution is 2.12. The van der Waals surface area contributed by atoms with Gasteiger partial charge >= 0.3 is 12.1 Å². The molecule has 0 saturated heterocycles. The van der Waals surface area contributed by atoms with Gasteiger partial charge in [0.1, 0.15) is 0 Å². The van der Waals surface area contributed by atoms with Gasteiger partial charge < -0.3 is 14.7 Å². The summed E-state index contributed by atoms with van der Waals surface area (Å²) in [4.78, 5) is 26.4. The van der Waals surface area contributed by atoms with Crippen molar-refractivity contribution in [3.05, 3.63) is 5.82 Å². The molecule has 1 amide bonds. The van der Waals surface area contributed by atoms with Crippen LogP contribution in [0.2, 0.25) is 0 Å². The van der Waals surface area contributed by atoms with Crippen molar-refractivity contribution >= 4 is 34.4 Å². The minimum atomic E-state index is -0.856. The SMILES string of the molecule is CCOC(=O)Nc1nc(/C(=N/O)C(=O)OCC)ns1. The lowest BCUT2D eigenvalue weighted by atomic mass is 10.3. The van der Waals surface area contributed by atoms with Crippen molar-refractivity contribution in [1.82, 2.24) is 9.36 Å². The lowest BCUT2D eigenvalue weighted by molar-refractivity contribution is -0.135. The number of nitrogens with one attached hydrogen (secondary N) is 1. The zero-order valence-electron chi connectivity index (χ0n) is 10.2. The molecule has 0 aromatic carbocycles. The van der Waals surface area contributed by atoms with Gasteiger partial charge in [-0.2, -0.15) is 9.36 Å². The fraction of sp³-hybridized carbons (Fsp3) is 0.444. The maximum atomic E-state index is 11.4. The van der Waals surface area contributed by atoms with Gasteiger partial charge in [0.05, 0.1) is 13.2 Å². The fourth-order valence-corrected chi connectivity index (χ4v) is 1.56. The molecule has 0 radical (unpaired) electrons. The molecular formula is C9H12N4O5S. The van der Waals surface area contributed by atoms with Crippen molar-refractivity contribution in [3.63, 3.8) is 0 Å². The first kappa shape index (κ1) is 14.8. The molecule has 0 saturated carbocycles. The van der Waals surface area contributed by atoms with E-state index in [1.54, 1.807) is 13.8 Å².